The summed E-state index contributed by atoms with van der Waals surface area (Å²) in [5, 5.41) is 1.15. The molecule has 0 aliphatic carbocycles. The van der Waals surface area contributed by atoms with Gasteiger partial charge in [0.25, 0.3) is 0 Å². The minimum atomic E-state index is 0.1000. The maximum Gasteiger partial charge on any atom is 0.321 e. The van der Waals surface area contributed by atoms with Crippen molar-refractivity contribution in [2.45, 2.75) is 0 Å². The van der Waals surface area contributed by atoms with E-state index in [0.717, 1.165) is 16.5 Å². The first kappa shape index (κ1) is 11.8. The summed E-state index contributed by atoms with van der Waals surface area (Å²) in [7, 11) is 1.48. The second-order valence-corrected chi connectivity index (χ2v) is 4.16. The van der Waals surface area contributed by atoms with Gasteiger partial charge in [-0.2, -0.15) is 15.0 Å². The average Bonchev–Trinajstić information content (AvgIpc) is 2.46. The number of nitrogens with zero attached hydrogens (tertiary/aromatic N) is 4. The lowest BCUT2D eigenvalue weighted by atomic mass is 10.1. The van der Waals surface area contributed by atoms with Crippen LogP contribution >= 0.6 is 11.6 Å². The van der Waals surface area contributed by atoms with Crippen LogP contribution in [0.25, 0.3) is 22.3 Å². The zero-order valence-electron chi connectivity index (χ0n) is 10.0. The minimum absolute atomic E-state index is 0.1000. The van der Waals surface area contributed by atoms with Crippen molar-refractivity contribution >= 4 is 22.5 Å². The summed E-state index contributed by atoms with van der Waals surface area (Å²) >= 11 is 5.84. The molecule has 94 valence electrons. The third-order valence-corrected chi connectivity index (χ3v) is 2.80. The second kappa shape index (κ2) is 4.78. The topological polar surface area (TPSA) is 60.8 Å². The number of hydrogen-bond donors (Lipinski definition) is 0. The Kier molecular flexibility index (Phi) is 2.97. The monoisotopic (exact) mass is 272 g/mol. The molecule has 2 aromatic heterocycles. The van der Waals surface area contributed by atoms with Crippen LogP contribution in [0.2, 0.25) is 5.28 Å². The lowest BCUT2D eigenvalue weighted by molar-refractivity contribution is 0.379. The van der Waals surface area contributed by atoms with E-state index < -0.39 is 0 Å². The largest absolute Gasteiger partial charge is 0.467 e. The van der Waals surface area contributed by atoms with Crippen LogP contribution in [-0.4, -0.2) is 27.0 Å². The van der Waals surface area contributed by atoms with Crippen molar-refractivity contribution in [3.63, 3.8) is 0 Å². The van der Waals surface area contributed by atoms with Crippen molar-refractivity contribution < 1.29 is 4.74 Å². The van der Waals surface area contributed by atoms with E-state index in [1.54, 1.807) is 6.20 Å². The van der Waals surface area contributed by atoms with Crippen molar-refractivity contribution in [1.29, 1.82) is 0 Å². The van der Waals surface area contributed by atoms with Crippen LogP contribution in [-0.2, 0) is 0 Å². The maximum absolute atomic E-state index is 5.84. The van der Waals surface area contributed by atoms with Crippen molar-refractivity contribution in [3.8, 4) is 17.4 Å². The molecular weight excluding hydrogens is 264 g/mol. The van der Waals surface area contributed by atoms with E-state index in [1.807, 2.05) is 30.3 Å². The van der Waals surface area contributed by atoms with E-state index >= 15 is 0 Å². The van der Waals surface area contributed by atoms with Gasteiger partial charge in [-0.05, 0) is 23.7 Å². The SMILES string of the molecule is COc1nc(Cl)nc(-c2ccc3cccnc3c2)n1. The summed E-state index contributed by atoms with van der Waals surface area (Å²) in [4.78, 5) is 16.4. The predicted molar refractivity (Wildman–Crippen MR) is 72.1 cm³/mol. The molecule has 0 saturated carbocycles. The van der Waals surface area contributed by atoms with Gasteiger partial charge < -0.3 is 4.74 Å². The van der Waals surface area contributed by atoms with Gasteiger partial charge in [-0.15, -0.1) is 0 Å². The smallest absolute Gasteiger partial charge is 0.321 e. The van der Waals surface area contributed by atoms with Gasteiger partial charge in [-0.3, -0.25) is 4.98 Å². The number of benzene rings is 1. The van der Waals surface area contributed by atoms with Crippen LogP contribution in [0.15, 0.2) is 36.5 Å². The zero-order chi connectivity index (χ0) is 13.2. The number of halogens is 1. The Morgan fingerprint density at radius 3 is 2.84 bits per heavy atom. The normalized spacial score (nSPS) is 10.6. The minimum Gasteiger partial charge on any atom is -0.467 e. The summed E-state index contributed by atoms with van der Waals surface area (Å²) in [6, 6.07) is 9.85. The molecule has 0 N–H and O–H groups in total. The Hall–Kier alpha value is -2.27. The molecule has 0 aliphatic rings. The fourth-order valence-electron chi connectivity index (χ4n) is 1.76. The molecule has 2 heterocycles. The highest BCUT2D eigenvalue weighted by atomic mass is 35.5. The van der Waals surface area contributed by atoms with Crippen LogP contribution in [0, 0.1) is 0 Å². The first-order chi connectivity index (χ1) is 9.26. The first-order valence-electron chi connectivity index (χ1n) is 5.57. The molecule has 1 aromatic carbocycles. The molecule has 0 bridgehead atoms. The third kappa shape index (κ3) is 2.32. The second-order valence-electron chi connectivity index (χ2n) is 3.83. The molecule has 0 radical (unpaired) electrons. The summed E-state index contributed by atoms with van der Waals surface area (Å²) in [6.07, 6.45) is 1.74. The van der Waals surface area contributed by atoms with Crippen LogP contribution < -0.4 is 4.74 Å². The Morgan fingerprint density at radius 2 is 2.00 bits per heavy atom. The fourth-order valence-corrected chi connectivity index (χ4v) is 1.91. The van der Waals surface area contributed by atoms with Crippen LogP contribution in [0.1, 0.15) is 0 Å². The first-order valence-corrected chi connectivity index (χ1v) is 5.95. The average molecular weight is 273 g/mol. The standard InChI is InChI=1S/C13H9ClN4O/c1-19-13-17-11(16-12(14)18-13)9-5-4-8-3-2-6-15-10(8)7-9/h2-7H,1H3. The van der Waals surface area contributed by atoms with Gasteiger partial charge in [0.2, 0.25) is 5.28 Å². The van der Waals surface area contributed by atoms with Gasteiger partial charge in [0.15, 0.2) is 5.82 Å². The Labute approximate surface area is 114 Å². The van der Waals surface area contributed by atoms with Crippen molar-refractivity contribution in [2.75, 3.05) is 7.11 Å². The van der Waals surface area contributed by atoms with Gasteiger partial charge >= 0.3 is 6.01 Å². The van der Waals surface area contributed by atoms with Gasteiger partial charge in [0.1, 0.15) is 0 Å². The van der Waals surface area contributed by atoms with Crippen molar-refractivity contribution in [2.24, 2.45) is 0 Å². The highest BCUT2D eigenvalue weighted by Crippen LogP contribution is 2.22. The van der Waals surface area contributed by atoms with E-state index in [-0.39, 0.29) is 11.3 Å². The summed E-state index contributed by atoms with van der Waals surface area (Å²) < 4.78 is 4.98. The van der Waals surface area contributed by atoms with Gasteiger partial charge in [-0.1, -0.05) is 18.2 Å². The lowest BCUT2D eigenvalue weighted by Crippen LogP contribution is -1.98. The van der Waals surface area contributed by atoms with E-state index in [9.17, 15) is 0 Å². The molecule has 0 aliphatic heterocycles. The Balaban J connectivity index is 2.15. The maximum atomic E-state index is 5.84. The molecule has 0 spiro atoms. The molecular formula is C13H9ClN4O. The highest BCUT2D eigenvalue weighted by Gasteiger charge is 2.08. The molecule has 3 aromatic rings. The highest BCUT2D eigenvalue weighted by molar-refractivity contribution is 6.28. The molecule has 5 nitrogen and oxygen atoms in total. The summed E-state index contributed by atoms with van der Waals surface area (Å²) in [5.41, 5.74) is 1.68. The molecule has 0 unspecified atom stereocenters. The number of methoxy groups -OCH3 is 1. The molecule has 0 fully saturated rings. The van der Waals surface area contributed by atoms with Gasteiger partial charge in [-0.25, -0.2) is 0 Å². The van der Waals surface area contributed by atoms with Crippen molar-refractivity contribution in [3.05, 3.63) is 41.8 Å². The number of fused-ring (bicyclic) bond motifs is 1. The van der Waals surface area contributed by atoms with Crippen molar-refractivity contribution in [1.82, 2.24) is 19.9 Å². The predicted octanol–water partition coefficient (Wildman–Crippen LogP) is 2.75. The quantitative estimate of drug-likeness (QED) is 0.718. The van der Waals surface area contributed by atoms with E-state index in [1.165, 1.54) is 7.11 Å². The van der Waals surface area contributed by atoms with Gasteiger partial charge in [0, 0.05) is 17.1 Å². The Bertz CT molecular complexity index is 748. The molecule has 0 saturated heterocycles. The lowest BCUT2D eigenvalue weighted by Gasteiger charge is -2.04. The number of pyridine rings is 1. The van der Waals surface area contributed by atoms with Gasteiger partial charge in [0.05, 0.1) is 12.6 Å². The van der Waals surface area contributed by atoms with E-state index in [0.29, 0.717) is 5.82 Å². The molecule has 19 heavy (non-hydrogen) atoms. The number of rotatable bonds is 2. The third-order valence-electron chi connectivity index (χ3n) is 2.63. The van der Waals surface area contributed by atoms with Crippen LogP contribution in [0.3, 0.4) is 0 Å². The molecule has 0 amide bonds. The summed E-state index contributed by atoms with van der Waals surface area (Å²) in [5.74, 6) is 0.462. The number of hydrogen-bond acceptors (Lipinski definition) is 5. The summed E-state index contributed by atoms with van der Waals surface area (Å²) in [6.45, 7) is 0. The Morgan fingerprint density at radius 1 is 1.11 bits per heavy atom. The van der Waals surface area contributed by atoms with E-state index in [2.05, 4.69) is 19.9 Å². The molecule has 0 atom stereocenters. The number of aromatic nitrogens is 4. The molecule has 6 heteroatoms. The molecule has 3 rings (SSSR count). The van der Waals surface area contributed by atoms with E-state index in [4.69, 9.17) is 16.3 Å². The fraction of sp³-hybridized carbons (Fsp3) is 0.0769. The van der Waals surface area contributed by atoms with Crippen LogP contribution in [0.5, 0.6) is 6.01 Å². The number of ether oxygens (including phenoxy) is 1. The zero-order valence-corrected chi connectivity index (χ0v) is 10.8. The van der Waals surface area contributed by atoms with Crippen LogP contribution in [0.4, 0.5) is 0 Å².